The summed E-state index contributed by atoms with van der Waals surface area (Å²) in [5.74, 6) is 1.11. The fourth-order valence-corrected chi connectivity index (χ4v) is 2.78. The first-order valence-corrected chi connectivity index (χ1v) is 7.48. The standard InChI is InChI=1S/C16H20N2O4/c1-10(17-16(20)12-8-15(19)18(2)9-12)11-3-4-13-14(7-11)22-6-5-21-13/h3-4,7,10,12H,5-6,8-9H2,1-2H3,(H,17,20)/t10-,12+/m1/s1. The average molecular weight is 304 g/mol. The van der Waals surface area contributed by atoms with Crippen LogP contribution in [-0.2, 0) is 9.59 Å². The highest BCUT2D eigenvalue weighted by atomic mass is 16.6. The molecule has 3 rings (SSSR count). The van der Waals surface area contributed by atoms with E-state index in [0.29, 0.717) is 25.5 Å². The van der Waals surface area contributed by atoms with Crippen LogP contribution in [0.2, 0.25) is 0 Å². The van der Waals surface area contributed by atoms with Gasteiger partial charge in [-0.2, -0.15) is 0 Å². The molecule has 6 nitrogen and oxygen atoms in total. The van der Waals surface area contributed by atoms with Gasteiger partial charge < -0.3 is 19.7 Å². The highest BCUT2D eigenvalue weighted by Crippen LogP contribution is 2.32. The van der Waals surface area contributed by atoms with Crippen LogP contribution in [-0.4, -0.2) is 43.5 Å². The number of likely N-dealkylation sites (tertiary alicyclic amines) is 1. The van der Waals surface area contributed by atoms with Gasteiger partial charge in [0.2, 0.25) is 11.8 Å². The summed E-state index contributed by atoms with van der Waals surface area (Å²) in [4.78, 5) is 25.4. The molecule has 2 atom stereocenters. The summed E-state index contributed by atoms with van der Waals surface area (Å²) in [6.07, 6.45) is 0.288. The molecule has 118 valence electrons. The molecule has 0 bridgehead atoms. The summed E-state index contributed by atoms with van der Waals surface area (Å²) < 4.78 is 11.0. The molecule has 22 heavy (non-hydrogen) atoms. The van der Waals surface area contributed by atoms with Crippen molar-refractivity contribution in [3.8, 4) is 11.5 Å². The third-order valence-electron chi connectivity index (χ3n) is 4.14. The first-order chi connectivity index (χ1) is 10.5. The van der Waals surface area contributed by atoms with Gasteiger partial charge in [-0.25, -0.2) is 0 Å². The summed E-state index contributed by atoms with van der Waals surface area (Å²) in [5, 5.41) is 2.97. The first kappa shape index (κ1) is 14.7. The molecule has 2 aliphatic heterocycles. The quantitative estimate of drug-likeness (QED) is 0.908. The van der Waals surface area contributed by atoms with E-state index >= 15 is 0 Å². The van der Waals surface area contributed by atoms with E-state index in [1.54, 1.807) is 11.9 Å². The fourth-order valence-electron chi connectivity index (χ4n) is 2.78. The number of nitrogens with zero attached hydrogens (tertiary/aromatic N) is 1. The number of ether oxygens (including phenoxy) is 2. The third-order valence-corrected chi connectivity index (χ3v) is 4.14. The number of fused-ring (bicyclic) bond motifs is 1. The molecular weight excluding hydrogens is 284 g/mol. The number of carbonyl (C=O) groups is 2. The molecule has 0 unspecified atom stereocenters. The minimum absolute atomic E-state index is 0.0205. The normalized spacial score (nSPS) is 21.6. The molecule has 2 heterocycles. The van der Waals surface area contributed by atoms with Crippen molar-refractivity contribution < 1.29 is 19.1 Å². The van der Waals surface area contributed by atoms with Crippen LogP contribution in [0.1, 0.15) is 24.9 Å². The summed E-state index contributed by atoms with van der Waals surface area (Å²) in [7, 11) is 1.72. The Hall–Kier alpha value is -2.24. The lowest BCUT2D eigenvalue weighted by molar-refractivity contribution is -0.128. The van der Waals surface area contributed by atoms with Gasteiger partial charge in [-0.15, -0.1) is 0 Å². The molecule has 1 aromatic rings. The topological polar surface area (TPSA) is 67.9 Å². The lowest BCUT2D eigenvalue weighted by Gasteiger charge is -2.21. The average Bonchev–Trinajstić information content (AvgIpc) is 2.86. The van der Waals surface area contributed by atoms with E-state index in [9.17, 15) is 9.59 Å². The number of carbonyl (C=O) groups excluding carboxylic acids is 2. The zero-order valence-corrected chi connectivity index (χ0v) is 12.8. The van der Waals surface area contributed by atoms with Gasteiger partial charge in [0.1, 0.15) is 13.2 Å². The van der Waals surface area contributed by atoms with Crippen molar-refractivity contribution >= 4 is 11.8 Å². The van der Waals surface area contributed by atoms with Crippen LogP contribution in [0.4, 0.5) is 0 Å². The van der Waals surface area contributed by atoms with Gasteiger partial charge in [-0.1, -0.05) is 6.07 Å². The van der Waals surface area contributed by atoms with Crippen LogP contribution in [0.3, 0.4) is 0 Å². The second-order valence-corrected chi connectivity index (χ2v) is 5.81. The molecule has 0 spiro atoms. The van der Waals surface area contributed by atoms with Crippen LogP contribution in [0.5, 0.6) is 11.5 Å². The molecule has 1 N–H and O–H groups in total. The molecule has 0 aliphatic carbocycles. The van der Waals surface area contributed by atoms with Gasteiger partial charge in [-0.05, 0) is 24.6 Å². The molecule has 0 saturated carbocycles. The Balaban J connectivity index is 1.65. The summed E-state index contributed by atoms with van der Waals surface area (Å²) in [6.45, 7) is 3.50. The van der Waals surface area contributed by atoms with Crippen LogP contribution < -0.4 is 14.8 Å². The van der Waals surface area contributed by atoms with Crippen molar-refractivity contribution in [2.45, 2.75) is 19.4 Å². The van der Waals surface area contributed by atoms with E-state index in [2.05, 4.69) is 5.32 Å². The molecule has 2 aliphatic rings. The van der Waals surface area contributed by atoms with Gasteiger partial charge in [0.15, 0.2) is 11.5 Å². The van der Waals surface area contributed by atoms with Crippen molar-refractivity contribution in [3.05, 3.63) is 23.8 Å². The summed E-state index contributed by atoms with van der Waals surface area (Å²) in [5.41, 5.74) is 0.954. The zero-order chi connectivity index (χ0) is 15.7. The van der Waals surface area contributed by atoms with Crippen molar-refractivity contribution in [1.29, 1.82) is 0 Å². The van der Waals surface area contributed by atoms with Gasteiger partial charge in [0.25, 0.3) is 0 Å². The van der Waals surface area contributed by atoms with Crippen molar-refractivity contribution in [2.75, 3.05) is 26.8 Å². The Morgan fingerprint density at radius 1 is 1.32 bits per heavy atom. The molecule has 2 amide bonds. The maximum atomic E-state index is 12.3. The van der Waals surface area contributed by atoms with E-state index in [0.717, 1.165) is 11.3 Å². The monoisotopic (exact) mass is 304 g/mol. The van der Waals surface area contributed by atoms with Gasteiger partial charge in [0.05, 0.1) is 12.0 Å². The molecule has 0 radical (unpaired) electrons. The number of rotatable bonds is 3. The van der Waals surface area contributed by atoms with Crippen molar-refractivity contribution in [2.24, 2.45) is 5.92 Å². The third kappa shape index (κ3) is 2.86. The number of hydrogen-bond acceptors (Lipinski definition) is 4. The second kappa shape index (κ2) is 5.87. The van der Waals surface area contributed by atoms with E-state index in [4.69, 9.17) is 9.47 Å². The minimum Gasteiger partial charge on any atom is -0.486 e. The molecule has 1 saturated heterocycles. The summed E-state index contributed by atoms with van der Waals surface area (Å²) >= 11 is 0. The van der Waals surface area contributed by atoms with E-state index in [1.165, 1.54) is 0 Å². The highest BCUT2D eigenvalue weighted by molar-refractivity contribution is 5.89. The van der Waals surface area contributed by atoms with Crippen molar-refractivity contribution in [3.63, 3.8) is 0 Å². The van der Waals surface area contributed by atoms with Crippen LogP contribution in [0.15, 0.2) is 18.2 Å². The lowest BCUT2D eigenvalue weighted by atomic mass is 10.0. The predicted octanol–water partition coefficient (Wildman–Crippen LogP) is 1.11. The van der Waals surface area contributed by atoms with Crippen LogP contribution in [0.25, 0.3) is 0 Å². The summed E-state index contributed by atoms with van der Waals surface area (Å²) in [6, 6.07) is 5.53. The first-order valence-electron chi connectivity index (χ1n) is 7.48. The van der Waals surface area contributed by atoms with Crippen LogP contribution in [0, 0.1) is 5.92 Å². The Morgan fingerprint density at radius 2 is 2.05 bits per heavy atom. The van der Waals surface area contributed by atoms with E-state index in [1.807, 2.05) is 25.1 Å². The predicted molar refractivity (Wildman–Crippen MR) is 79.7 cm³/mol. The number of benzene rings is 1. The Kier molecular flexibility index (Phi) is 3.92. The Morgan fingerprint density at radius 3 is 2.73 bits per heavy atom. The molecule has 6 heteroatoms. The van der Waals surface area contributed by atoms with E-state index < -0.39 is 0 Å². The van der Waals surface area contributed by atoms with Crippen LogP contribution >= 0.6 is 0 Å². The van der Waals surface area contributed by atoms with Gasteiger partial charge >= 0.3 is 0 Å². The molecule has 1 aromatic carbocycles. The highest BCUT2D eigenvalue weighted by Gasteiger charge is 2.32. The molecule has 1 fully saturated rings. The maximum Gasteiger partial charge on any atom is 0.225 e. The fraction of sp³-hybridized carbons (Fsp3) is 0.500. The number of hydrogen-bond donors (Lipinski definition) is 1. The SMILES string of the molecule is C[C@@H](NC(=O)[C@H]1CC(=O)N(C)C1)c1ccc2c(c1)OCCO2. The van der Waals surface area contributed by atoms with Gasteiger partial charge in [-0.3, -0.25) is 9.59 Å². The van der Waals surface area contributed by atoms with Crippen molar-refractivity contribution in [1.82, 2.24) is 10.2 Å². The number of amides is 2. The second-order valence-electron chi connectivity index (χ2n) is 5.81. The lowest BCUT2D eigenvalue weighted by Crippen LogP contribution is -2.34. The Bertz CT molecular complexity index is 602. The zero-order valence-electron chi connectivity index (χ0n) is 12.8. The molecular formula is C16H20N2O4. The van der Waals surface area contributed by atoms with E-state index in [-0.39, 0.29) is 30.2 Å². The van der Waals surface area contributed by atoms with Gasteiger partial charge in [0, 0.05) is 20.0 Å². The number of nitrogens with one attached hydrogen (secondary N) is 1. The molecule has 0 aromatic heterocycles. The maximum absolute atomic E-state index is 12.3. The smallest absolute Gasteiger partial charge is 0.225 e. The minimum atomic E-state index is -0.267. The largest absolute Gasteiger partial charge is 0.486 e. The Labute approximate surface area is 129 Å².